The zero-order valence-electron chi connectivity index (χ0n) is 16.7. The number of pyridine rings is 1. The van der Waals surface area contributed by atoms with Crippen LogP contribution >= 0.6 is 24.8 Å². The van der Waals surface area contributed by atoms with Gasteiger partial charge in [0.1, 0.15) is 23.3 Å². The number of nitrogens with two attached hydrogens (primary N) is 1. The molecule has 0 aliphatic carbocycles. The fraction of sp³-hybridized carbons (Fsp3) is 0.143. The molecular formula is C21H20Cl2F4N4O. The zero-order chi connectivity index (χ0) is 21.8. The molecule has 0 radical (unpaired) electrons. The molecular weight excluding hydrogens is 471 g/mol. The summed E-state index contributed by atoms with van der Waals surface area (Å²) in [5.74, 6) is -5.80. The van der Waals surface area contributed by atoms with Gasteiger partial charge in [0.25, 0.3) is 5.91 Å². The Kier molecular flexibility index (Phi) is 9.89. The SMILES string of the molecule is CN(CCN)c1ccncc1NC(=O)c1ccc(F)c(-c2c(F)cccc2F)c1F.Cl.Cl. The van der Waals surface area contributed by atoms with Gasteiger partial charge in [0.05, 0.1) is 34.3 Å². The Hall–Kier alpha value is -2.88. The first-order valence-corrected chi connectivity index (χ1v) is 8.94. The van der Waals surface area contributed by atoms with E-state index in [-0.39, 0.29) is 30.5 Å². The number of hydrogen-bond donors (Lipinski definition) is 2. The predicted octanol–water partition coefficient (Wildman–Crippen LogP) is 4.80. The first kappa shape index (κ1) is 27.2. The number of benzene rings is 2. The quantitative estimate of drug-likeness (QED) is 0.487. The van der Waals surface area contributed by atoms with Crippen LogP contribution in [0.2, 0.25) is 0 Å². The van der Waals surface area contributed by atoms with E-state index in [2.05, 4.69) is 10.3 Å². The van der Waals surface area contributed by atoms with Crippen molar-refractivity contribution in [2.24, 2.45) is 5.73 Å². The number of hydrogen-bond acceptors (Lipinski definition) is 4. The van der Waals surface area contributed by atoms with Crippen LogP contribution in [0.1, 0.15) is 10.4 Å². The van der Waals surface area contributed by atoms with Gasteiger partial charge in [-0.1, -0.05) is 6.07 Å². The molecule has 0 unspecified atom stereocenters. The minimum atomic E-state index is -1.38. The molecule has 172 valence electrons. The molecule has 0 spiro atoms. The molecule has 5 nitrogen and oxygen atoms in total. The second-order valence-corrected chi connectivity index (χ2v) is 6.44. The van der Waals surface area contributed by atoms with E-state index in [0.717, 1.165) is 30.3 Å². The average molecular weight is 491 g/mol. The summed E-state index contributed by atoms with van der Waals surface area (Å²) in [6, 6.07) is 6.14. The normalized spacial score (nSPS) is 10.1. The largest absolute Gasteiger partial charge is 0.372 e. The van der Waals surface area contributed by atoms with Gasteiger partial charge < -0.3 is 16.0 Å². The van der Waals surface area contributed by atoms with Crippen LogP contribution in [0.3, 0.4) is 0 Å². The van der Waals surface area contributed by atoms with Crippen molar-refractivity contribution >= 4 is 42.1 Å². The summed E-state index contributed by atoms with van der Waals surface area (Å²) in [6.07, 6.45) is 2.87. The Morgan fingerprint density at radius 3 is 2.25 bits per heavy atom. The Balaban J connectivity index is 0.00000256. The van der Waals surface area contributed by atoms with Crippen molar-refractivity contribution in [3.05, 3.63) is 77.6 Å². The Bertz CT molecular complexity index is 1080. The molecule has 0 saturated carbocycles. The summed E-state index contributed by atoms with van der Waals surface area (Å²) in [5, 5.41) is 2.50. The number of anilines is 2. The van der Waals surface area contributed by atoms with Crippen LogP contribution in [0.4, 0.5) is 28.9 Å². The highest BCUT2D eigenvalue weighted by Gasteiger charge is 2.25. The lowest BCUT2D eigenvalue weighted by Gasteiger charge is -2.21. The number of likely N-dealkylation sites (N-methyl/N-ethyl adjacent to an activating group) is 1. The second kappa shape index (κ2) is 11.7. The maximum Gasteiger partial charge on any atom is 0.258 e. The molecule has 1 amide bonds. The van der Waals surface area contributed by atoms with Gasteiger partial charge >= 0.3 is 0 Å². The number of carbonyl (C=O) groups is 1. The third-order valence-corrected chi connectivity index (χ3v) is 4.47. The fourth-order valence-corrected chi connectivity index (χ4v) is 3.01. The average Bonchev–Trinajstić information content (AvgIpc) is 2.70. The molecule has 0 bridgehead atoms. The van der Waals surface area contributed by atoms with Crippen LogP contribution in [-0.2, 0) is 0 Å². The number of nitrogens with zero attached hydrogens (tertiary/aromatic N) is 2. The maximum absolute atomic E-state index is 15.0. The summed E-state index contributed by atoms with van der Waals surface area (Å²) < 4.78 is 57.5. The Morgan fingerprint density at radius 1 is 1.00 bits per heavy atom. The molecule has 11 heteroatoms. The standard InChI is InChI=1S/C21H18F4N4O.2ClH/c1-29(10-8-26)17-7-9-27-11-16(17)28-21(30)12-5-6-15(24)19(20(12)25)18-13(22)3-2-4-14(18)23;;/h2-7,9,11H,8,10,26H2,1H3,(H,28,30);2*1H. The number of amides is 1. The zero-order valence-corrected chi connectivity index (χ0v) is 18.4. The van der Waals surface area contributed by atoms with Gasteiger partial charge in [-0.25, -0.2) is 17.6 Å². The summed E-state index contributed by atoms with van der Waals surface area (Å²) in [5.41, 5.74) is 3.97. The van der Waals surface area contributed by atoms with E-state index in [1.807, 2.05) is 0 Å². The minimum absolute atomic E-state index is 0. The van der Waals surface area contributed by atoms with Crippen LogP contribution in [0, 0.1) is 23.3 Å². The van der Waals surface area contributed by atoms with Crippen LogP contribution in [0.15, 0.2) is 48.8 Å². The smallest absolute Gasteiger partial charge is 0.258 e. The highest BCUT2D eigenvalue weighted by molar-refractivity contribution is 6.06. The van der Waals surface area contributed by atoms with Crippen molar-refractivity contribution in [1.29, 1.82) is 0 Å². The molecule has 3 rings (SSSR count). The third-order valence-electron chi connectivity index (χ3n) is 4.47. The van der Waals surface area contributed by atoms with Crippen molar-refractivity contribution in [3.63, 3.8) is 0 Å². The van der Waals surface area contributed by atoms with Crippen molar-refractivity contribution in [2.45, 2.75) is 0 Å². The van der Waals surface area contributed by atoms with E-state index < -0.39 is 45.9 Å². The molecule has 1 aromatic heterocycles. The first-order chi connectivity index (χ1) is 14.3. The van der Waals surface area contributed by atoms with Crippen molar-refractivity contribution in [1.82, 2.24) is 4.98 Å². The van der Waals surface area contributed by atoms with Crippen molar-refractivity contribution in [3.8, 4) is 11.1 Å². The molecule has 0 atom stereocenters. The van der Waals surface area contributed by atoms with Crippen molar-refractivity contribution in [2.75, 3.05) is 30.4 Å². The van der Waals surface area contributed by atoms with Gasteiger partial charge in [-0.05, 0) is 30.3 Å². The van der Waals surface area contributed by atoms with Gasteiger partial charge in [0.15, 0.2) is 0 Å². The molecule has 0 aliphatic heterocycles. The molecule has 3 aromatic rings. The minimum Gasteiger partial charge on any atom is -0.372 e. The lowest BCUT2D eigenvalue weighted by atomic mass is 9.99. The summed E-state index contributed by atoms with van der Waals surface area (Å²) in [6.45, 7) is 0.838. The van der Waals surface area contributed by atoms with E-state index in [4.69, 9.17) is 5.73 Å². The lowest BCUT2D eigenvalue weighted by molar-refractivity contribution is 0.102. The number of carbonyl (C=O) groups excluding carboxylic acids is 1. The molecule has 0 fully saturated rings. The third kappa shape index (κ3) is 5.48. The topological polar surface area (TPSA) is 71.2 Å². The molecule has 32 heavy (non-hydrogen) atoms. The highest BCUT2D eigenvalue weighted by atomic mass is 35.5. The van der Waals surface area contributed by atoms with Crippen LogP contribution < -0.4 is 16.0 Å². The molecule has 2 aromatic carbocycles. The molecule has 1 heterocycles. The monoisotopic (exact) mass is 490 g/mol. The predicted molar refractivity (Wildman–Crippen MR) is 121 cm³/mol. The van der Waals surface area contributed by atoms with Gasteiger partial charge in [0, 0.05) is 26.3 Å². The lowest BCUT2D eigenvalue weighted by Crippen LogP contribution is -2.26. The number of halogens is 6. The Morgan fingerprint density at radius 2 is 1.62 bits per heavy atom. The molecule has 3 N–H and O–H groups in total. The van der Waals surface area contributed by atoms with E-state index in [1.54, 1.807) is 18.0 Å². The highest BCUT2D eigenvalue weighted by Crippen LogP contribution is 2.33. The second-order valence-electron chi connectivity index (χ2n) is 6.44. The summed E-state index contributed by atoms with van der Waals surface area (Å²) >= 11 is 0. The van der Waals surface area contributed by atoms with Gasteiger partial charge in [-0.2, -0.15) is 0 Å². The van der Waals surface area contributed by atoms with Crippen LogP contribution in [0.25, 0.3) is 11.1 Å². The van der Waals surface area contributed by atoms with E-state index in [0.29, 0.717) is 18.8 Å². The van der Waals surface area contributed by atoms with Crippen molar-refractivity contribution < 1.29 is 22.4 Å². The number of nitrogens with one attached hydrogen (secondary N) is 1. The van der Waals surface area contributed by atoms with E-state index in [9.17, 15) is 18.0 Å². The maximum atomic E-state index is 15.0. The first-order valence-electron chi connectivity index (χ1n) is 8.94. The fourth-order valence-electron chi connectivity index (χ4n) is 3.01. The van der Waals surface area contributed by atoms with E-state index in [1.165, 1.54) is 12.4 Å². The number of aromatic nitrogens is 1. The van der Waals surface area contributed by atoms with E-state index >= 15 is 4.39 Å². The van der Waals surface area contributed by atoms with Gasteiger partial charge in [0.2, 0.25) is 0 Å². The number of rotatable bonds is 6. The molecule has 0 aliphatic rings. The van der Waals surface area contributed by atoms with Crippen LogP contribution in [0.5, 0.6) is 0 Å². The van der Waals surface area contributed by atoms with Gasteiger partial charge in [-0.15, -0.1) is 24.8 Å². The van der Waals surface area contributed by atoms with Crippen LogP contribution in [-0.4, -0.2) is 31.0 Å². The van der Waals surface area contributed by atoms with Gasteiger partial charge in [-0.3, -0.25) is 9.78 Å². The summed E-state index contributed by atoms with van der Waals surface area (Å²) in [4.78, 5) is 18.4. The molecule has 0 saturated heterocycles. The Labute approximate surface area is 194 Å². The summed E-state index contributed by atoms with van der Waals surface area (Å²) in [7, 11) is 1.75.